The van der Waals surface area contributed by atoms with Crippen LogP contribution in [0.25, 0.3) is 0 Å². The lowest BCUT2D eigenvalue weighted by molar-refractivity contribution is 0.505. The molecule has 1 aliphatic rings. The van der Waals surface area contributed by atoms with E-state index < -0.39 is 0 Å². The summed E-state index contributed by atoms with van der Waals surface area (Å²) in [6.07, 6.45) is 8.78. The van der Waals surface area contributed by atoms with Crippen LogP contribution in [0.4, 0.5) is 4.39 Å². The van der Waals surface area contributed by atoms with Crippen LogP contribution in [0.5, 0.6) is 0 Å². The first kappa shape index (κ1) is 11.2. The van der Waals surface area contributed by atoms with Gasteiger partial charge in [0, 0.05) is 6.04 Å². The fourth-order valence-electron chi connectivity index (χ4n) is 2.50. The van der Waals surface area contributed by atoms with Crippen molar-refractivity contribution >= 4 is 0 Å². The predicted octanol–water partition coefficient (Wildman–Crippen LogP) is 2.68. The van der Waals surface area contributed by atoms with E-state index in [1.54, 1.807) is 0 Å². The molecule has 0 aliphatic heterocycles. The van der Waals surface area contributed by atoms with Gasteiger partial charge in [-0.1, -0.05) is 24.5 Å². The van der Waals surface area contributed by atoms with Crippen LogP contribution in [0.2, 0.25) is 0 Å². The van der Waals surface area contributed by atoms with Crippen LogP contribution >= 0.6 is 0 Å². The van der Waals surface area contributed by atoms with Crippen molar-refractivity contribution in [1.29, 1.82) is 0 Å². The summed E-state index contributed by atoms with van der Waals surface area (Å²) in [5.74, 6) is 2.91. The van der Waals surface area contributed by atoms with E-state index in [4.69, 9.17) is 6.42 Å². The summed E-state index contributed by atoms with van der Waals surface area (Å²) in [5.41, 5.74) is 1.22. The summed E-state index contributed by atoms with van der Waals surface area (Å²) in [6, 6.07) is 7.28. The van der Waals surface area contributed by atoms with Crippen LogP contribution in [-0.4, -0.2) is 12.6 Å². The third kappa shape index (κ3) is 2.43. The molecular formula is C14H16FN. The number of halogens is 1. The Hall–Kier alpha value is -1.33. The number of terminal acetylenes is 1. The number of nitrogens with one attached hydrogen (secondary N) is 1. The highest BCUT2D eigenvalue weighted by molar-refractivity contribution is 5.23. The van der Waals surface area contributed by atoms with E-state index in [2.05, 4.69) is 11.2 Å². The summed E-state index contributed by atoms with van der Waals surface area (Å²) in [5, 5.41) is 3.36. The minimum absolute atomic E-state index is 0.171. The number of rotatable bonds is 3. The molecule has 2 unspecified atom stereocenters. The van der Waals surface area contributed by atoms with Crippen molar-refractivity contribution in [3.63, 3.8) is 0 Å². The number of hydrogen-bond acceptors (Lipinski definition) is 1. The lowest BCUT2D eigenvalue weighted by Crippen LogP contribution is -2.31. The molecule has 2 heteroatoms. The number of benzene rings is 1. The smallest absolute Gasteiger partial charge is 0.123 e. The largest absolute Gasteiger partial charge is 0.303 e. The van der Waals surface area contributed by atoms with Crippen LogP contribution in [0, 0.1) is 18.2 Å². The first-order valence-electron chi connectivity index (χ1n) is 5.73. The topological polar surface area (TPSA) is 12.0 Å². The Balaban J connectivity index is 2.07. The summed E-state index contributed by atoms with van der Waals surface area (Å²) in [4.78, 5) is 0. The zero-order chi connectivity index (χ0) is 11.4. The van der Waals surface area contributed by atoms with Gasteiger partial charge in [0.2, 0.25) is 0 Å². The lowest BCUT2D eigenvalue weighted by Gasteiger charge is -2.20. The molecule has 2 atom stereocenters. The van der Waals surface area contributed by atoms with Gasteiger partial charge >= 0.3 is 0 Å². The molecule has 0 spiro atoms. The first-order chi connectivity index (χ1) is 7.81. The highest BCUT2D eigenvalue weighted by Crippen LogP contribution is 2.34. The van der Waals surface area contributed by atoms with Gasteiger partial charge in [-0.3, -0.25) is 0 Å². The van der Waals surface area contributed by atoms with Crippen LogP contribution < -0.4 is 5.32 Å². The molecule has 1 fully saturated rings. The minimum atomic E-state index is -0.171. The maximum Gasteiger partial charge on any atom is 0.123 e. The van der Waals surface area contributed by atoms with E-state index in [1.807, 2.05) is 12.1 Å². The molecule has 0 radical (unpaired) electrons. The van der Waals surface area contributed by atoms with Crippen molar-refractivity contribution in [2.24, 2.45) is 0 Å². The molecule has 1 nitrogen and oxygen atoms in total. The average molecular weight is 217 g/mol. The summed E-state index contributed by atoms with van der Waals surface area (Å²) in [7, 11) is 0. The van der Waals surface area contributed by atoms with E-state index >= 15 is 0 Å². The van der Waals surface area contributed by atoms with E-state index in [9.17, 15) is 4.39 Å². The summed E-state index contributed by atoms with van der Waals surface area (Å²) >= 11 is 0. The monoisotopic (exact) mass is 217 g/mol. The van der Waals surface area contributed by atoms with E-state index in [-0.39, 0.29) is 5.82 Å². The molecule has 84 valence electrons. The Bertz CT molecular complexity index is 377. The predicted molar refractivity (Wildman–Crippen MR) is 63.6 cm³/mol. The van der Waals surface area contributed by atoms with Crippen molar-refractivity contribution < 1.29 is 4.39 Å². The van der Waals surface area contributed by atoms with E-state index in [0.29, 0.717) is 18.5 Å². The van der Waals surface area contributed by atoms with E-state index in [0.717, 1.165) is 12.8 Å². The Morgan fingerprint density at radius 3 is 2.75 bits per heavy atom. The Labute approximate surface area is 96.1 Å². The molecule has 1 saturated carbocycles. The summed E-state index contributed by atoms with van der Waals surface area (Å²) < 4.78 is 12.8. The van der Waals surface area contributed by atoms with E-state index in [1.165, 1.54) is 24.1 Å². The zero-order valence-corrected chi connectivity index (χ0v) is 9.25. The second kappa shape index (κ2) is 5.14. The molecule has 0 heterocycles. The normalized spacial score (nSPS) is 24.2. The van der Waals surface area contributed by atoms with Gasteiger partial charge < -0.3 is 5.32 Å². The van der Waals surface area contributed by atoms with Gasteiger partial charge in [-0.05, 0) is 36.5 Å². The van der Waals surface area contributed by atoms with Crippen molar-refractivity contribution in [1.82, 2.24) is 5.32 Å². The minimum Gasteiger partial charge on any atom is -0.303 e. The van der Waals surface area contributed by atoms with Gasteiger partial charge in [-0.2, -0.15) is 0 Å². The van der Waals surface area contributed by atoms with Crippen LogP contribution in [-0.2, 0) is 0 Å². The van der Waals surface area contributed by atoms with Crippen molar-refractivity contribution in [2.75, 3.05) is 6.54 Å². The summed E-state index contributed by atoms with van der Waals surface area (Å²) in [6.45, 7) is 0.613. The molecule has 2 rings (SSSR count). The SMILES string of the molecule is C#CCNC1CCCC1c1ccc(F)cc1. The molecule has 0 bridgehead atoms. The highest BCUT2D eigenvalue weighted by atomic mass is 19.1. The van der Waals surface area contributed by atoms with Gasteiger partial charge in [0.15, 0.2) is 0 Å². The molecule has 1 N–H and O–H groups in total. The molecule has 1 aromatic carbocycles. The Morgan fingerprint density at radius 2 is 2.06 bits per heavy atom. The zero-order valence-electron chi connectivity index (χ0n) is 9.25. The third-order valence-corrected chi connectivity index (χ3v) is 3.28. The second-order valence-electron chi connectivity index (χ2n) is 4.28. The van der Waals surface area contributed by atoms with Crippen molar-refractivity contribution in [3.05, 3.63) is 35.6 Å². The Kier molecular flexibility index (Phi) is 3.58. The van der Waals surface area contributed by atoms with Crippen molar-refractivity contribution in [3.8, 4) is 12.3 Å². The van der Waals surface area contributed by atoms with Gasteiger partial charge in [-0.15, -0.1) is 6.42 Å². The third-order valence-electron chi connectivity index (χ3n) is 3.28. The first-order valence-corrected chi connectivity index (χ1v) is 5.73. The van der Waals surface area contributed by atoms with Crippen LogP contribution in [0.1, 0.15) is 30.7 Å². The lowest BCUT2D eigenvalue weighted by atomic mass is 9.94. The van der Waals surface area contributed by atoms with Gasteiger partial charge in [-0.25, -0.2) is 4.39 Å². The van der Waals surface area contributed by atoms with Crippen LogP contribution in [0.15, 0.2) is 24.3 Å². The van der Waals surface area contributed by atoms with Gasteiger partial charge in [0.25, 0.3) is 0 Å². The molecular weight excluding hydrogens is 201 g/mol. The highest BCUT2D eigenvalue weighted by Gasteiger charge is 2.27. The standard InChI is InChI=1S/C14H16FN/c1-2-10-16-14-5-3-4-13(14)11-6-8-12(15)9-7-11/h1,6-9,13-14,16H,3-5,10H2. The quantitative estimate of drug-likeness (QED) is 0.768. The Morgan fingerprint density at radius 1 is 1.31 bits per heavy atom. The fourth-order valence-corrected chi connectivity index (χ4v) is 2.50. The maximum atomic E-state index is 12.8. The van der Waals surface area contributed by atoms with Gasteiger partial charge in [0.05, 0.1) is 6.54 Å². The van der Waals surface area contributed by atoms with Crippen LogP contribution in [0.3, 0.4) is 0 Å². The second-order valence-corrected chi connectivity index (χ2v) is 4.28. The molecule has 0 amide bonds. The van der Waals surface area contributed by atoms with Crippen molar-refractivity contribution in [2.45, 2.75) is 31.2 Å². The molecule has 0 aromatic heterocycles. The maximum absolute atomic E-state index is 12.8. The molecule has 1 aliphatic carbocycles. The average Bonchev–Trinajstić information content (AvgIpc) is 2.75. The fraction of sp³-hybridized carbons (Fsp3) is 0.429. The molecule has 16 heavy (non-hydrogen) atoms. The number of hydrogen-bond donors (Lipinski definition) is 1. The van der Waals surface area contributed by atoms with Gasteiger partial charge in [0.1, 0.15) is 5.82 Å². The molecule has 1 aromatic rings. The molecule has 0 saturated heterocycles.